The second-order valence-electron chi connectivity index (χ2n) is 6.72. The molecule has 2 aliphatic rings. The molecular formula is C21H23ClO5. The molecule has 6 atom stereocenters. The zero-order chi connectivity index (χ0) is 18.8. The summed E-state index contributed by atoms with van der Waals surface area (Å²) in [6.45, 7) is 0.414. The van der Waals surface area contributed by atoms with Gasteiger partial charge in [-0.3, -0.25) is 0 Å². The Morgan fingerprint density at radius 3 is 2.22 bits per heavy atom. The Kier molecular flexibility index (Phi) is 5.78. The molecule has 2 fully saturated rings. The van der Waals surface area contributed by atoms with Crippen LogP contribution in [0.15, 0.2) is 54.6 Å². The molecule has 2 heterocycles. The normalized spacial score (nSPS) is 33.4. The van der Waals surface area contributed by atoms with Gasteiger partial charge in [0.2, 0.25) is 0 Å². The van der Waals surface area contributed by atoms with Crippen molar-refractivity contribution in [3.05, 3.63) is 70.7 Å². The van der Waals surface area contributed by atoms with Crippen molar-refractivity contribution in [3.8, 4) is 0 Å². The van der Waals surface area contributed by atoms with Crippen LogP contribution in [0.4, 0.5) is 0 Å². The molecule has 6 heteroatoms. The number of hydrogen-bond donors (Lipinski definition) is 0. The van der Waals surface area contributed by atoms with Crippen LogP contribution in [-0.4, -0.2) is 45.2 Å². The molecule has 0 amide bonds. The summed E-state index contributed by atoms with van der Waals surface area (Å²) < 4.78 is 30.1. The fourth-order valence-electron chi connectivity index (χ4n) is 3.81. The standard InChI is InChI=1S/C21H23ClO5/c1-23-19-17(13-6-4-3-5-7-13)26-16-12-25-21(27-18(16)20(19)24-2)14-8-10-15(22)11-9-14/h3-11,16-21H,12H2,1-2H3/t16-,17+,18-,19+,20+,21-/m1/s1. The molecule has 27 heavy (non-hydrogen) atoms. The lowest BCUT2D eigenvalue weighted by Gasteiger charge is -2.48. The van der Waals surface area contributed by atoms with Crippen molar-refractivity contribution < 1.29 is 23.7 Å². The third kappa shape index (κ3) is 3.76. The van der Waals surface area contributed by atoms with Gasteiger partial charge in [-0.15, -0.1) is 0 Å². The molecule has 144 valence electrons. The van der Waals surface area contributed by atoms with Crippen LogP contribution in [0.3, 0.4) is 0 Å². The van der Waals surface area contributed by atoms with Gasteiger partial charge in [-0.1, -0.05) is 54.1 Å². The highest BCUT2D eigenvalue weighted by Crippen LogP contribution is 2.41. The number of methoxy groups -OCH3 is 2. The van der Waals surface area contributed by atoms with E-state index in [-0.39, 0.29) is 30.5 Å². The predicted octanol–water partition coefficient (Wildman–Crippen LogP) is 3.92. The third-order valence-corrected chi connectivity index (χ3v) is 5.39. The number of fused-ring (bicyclic) bond motifs is 1. The third-order valence-electron chi connectivity index (χ3n) is 5.14. The molecule has 0 saturated carbocycles. The van der Waals surface area contributed by atoms with E-state index in [4.69, 9.17) is 35.3 Å². The largest absolute Gasteiger partial charge is 0.376 e. The fraction of sp³-hybridized carbons (Fsp3) is 0.429. The minimum Gasteiger partial charge on any atom is -0.376 e. The van der Waals surface area contributed by atoms with E-state index in [0.29, 0.717) is 11.6 Å². The Balaban J connectivity index is 1.58. The van der Waals surface area contributed by atoms with E-state index in [1.807, 2.05) is 54.6 Å². The van der Waals surface area contributed by atoms with Crippen LogP contribution in [0.1, 0.15) is 23.5 Å². The molecule has 0 unspecified atom stereocenters. The molecule has 2 aliphatic heterocycles. The van der Waals surface area contributed by atoms with Crippen molar-refractivity contribution in [2.45, 2.75) is 36.8 Å². The van der Waals surface area contributed by atoms with Gasteiger partial charge in [-0.05, 0) is 17.7 Å². The van der Waals surface area contributed by atoms with Crippen LogP contribution in [-0.2, 0) is 23.7 Å². The SMILES string of the molecule is CO[C@@H]1[C@@H](OC)[C@H](c2ccccc2)O[C@@H]2CO[C@@H](c3ccc(Cl)cc3)O[C@@H]12. The lowest BCUT2D eigenvalue weighted by atomic mass is 9.90. The second-order valence-corrected chi connectivity index (χ2v) is 7.16. The maximum absolute atomic E-state index is 6.34. The highest BCUT2D eigenvalue weighted by Gasteiger charge is 2.50. The van der Waals surface area contributed by atoms with Gasteiger partial charge < -0.3 is 23.7 Å². The van der Waals surface area contributed by atoms with E-state index in [2.05, 4.69) is 0 Å². The minimum absolute atomic E-state index is 0.241. The molecule has 0 bridgehead atoms. The van der Waals surface area contributed by atoms with E-state index in [1.54, 1.807) is 14.2 Å². The summed E-state index contributed by atoms with van der Waals surface area (Å²) >= 11 is 5.98. The second kappa shape index (κ2) is 8.27. The van der Waals surface area contributed by atoms with Gasteiger partial charge in [-0.25, -0.2) is 0 Å². The first-order valence-corrected chi connectivity index (χ1v) is 9.37. The van der Waals surface area contributed by atoms with Crippen LogP contribution in [0.25, 0.3) is 0 Å². The van der Waals surface area contributed by atoms with Gasteiger partial charge in [0.05, 0.1) is 6.61 Å². The molecule has 5 nitrogen and oxygen atoms in total. The summed E-state index contributed by atoms with van der Waals surface area (Å²) in [7, 11) is 3.35. The monoisotopic (exact) mass is 390 g/mol. The molecule has 2 aromatic rings. The van der Waals surface area contributed by atoms with Gasteiger partial charge in [0.15, 0.2) is 6.29 Å². The number of benzene rings is 2. The molecular weight excluding hydrogens is 368 g/mol. The topological polar surface area (TPSA) is 46.2 Å². The van der Waals surface area contributed by atoms with E-state index in [1.165, 1.54) is 0 Å². The summed E-state index contributed by atoms with van der Waals surface area (Å²) in [6, 6.07) is 17.5. The average Bonchev–Trinajstić information content (AvgIpc) is 2.73. The van der Waals surface area contributed by atoms with Crippen molar-refractivity contribution in [2.75, 3.05) is 20.8 Å². The van der Waals surface area contributed by atoms with Crippen LogP contribution >= 0.6 is 11.6 Å². The predicted molar refractivity (Wildman–Crippen MR) is 101 cm³/mol. The molecule has 0 aromatic heterocycles. The summed E-state index contributed by atoms with van der Waals surface area (Å²) in [5.74, 6) is 0. The molecule has 0 aliphatic carbocycles. The Morgan fingerprint density at radius 1 is 0.852 bits per heavy atom. The smallest absolute Gasteiger partial charge is 0.184 e. The van der Waals surface area contributed by atoms with Crippen molar-refractivity contribution >= 4 is 11.6 Å². The van der Waals surface area contributed by atoms with Crippen LogP contribution in [0, 0.1) is 0 Å². The highest BCUT2D eigenvalue weighted by atomic mass is 35.5. The first kappa shape index (κ1) is 18.9. The van der Waals surface area contributed by atoms with Gasteiger partial charge in [-0.2, -0.15) is 0 Å². The van der Waals surface area contributed by atoms with E-state index >= 15 is 0 Å². The Hall–Kier alpha value is -1.47. The van der Waals surface area contributed by atoms with Crippen LogP contribution in [0.5, 0.6) is 0 Å². The number of ether oxygens (including phenoxy) is 5. The first-order valence-electron chi connectivity index (χ1n) is 9.00. The highest BCUT2D eigenvalue weighted by molar-refractivity contribution is 6.30. The Labute approximate surface area is 164 Å². The quantitative estimate of drug-likeness (QED) is 0.791. The maximum Gasteiger partial charge on any atom is 0.184 e. The van der Waals surface area contributed by atoms with E-state index < -0.39 is 6.29 Å². The number of halogens is 1. The molecule has 0 spiro atoms. The first-order chi connectivity index (χ1) is 13.2. The van der Waals surface area contributed by atoms with E-state index in [9.17, 15) is 0 Å². The lowest BCUT2D eigenvalue weighted by Crippen LogP contribution is -2.60. The molecule has 0 N–H and O–H groups in total. The van der Waals surface area contributed by atoms with Crippen LogP contribution in [0.2, 0.25) is 5.02 Å². The fourth-order valence-corrected chi connectivity index (χ4v) is 3.94. The molecule has 0 radical (unpaired) electrons. The Bertz CT molecular complexity index is 738. The number of hydrogen-bond acceptors (Lipinski definition) is 5. The van der Waals surface area contributed by atoms with Gasteiger partial charge >= 0.3 is 0 Å². The Morgan fingerprint density at radius 2 is 1.56 bits per heavy atom. The summed E-state index contributed by atoms with van der Waals surface area (Å²) in [5, 5.41) is 0.674. The van der Waals surface area contributed by atoms with E-state index in [0.717, 1.165) is 11.1 Å². The van der Waals surface area contributed by atoms with Crippen molar-refractivity contribution in [1.82, 2.24) is 0 Å². The average molecular weight is 391 g/mol. The van der Waals surface area contributed by atoms with Crippen molar-refractivity contribution in [2.24, 2.45) is 0 Å². The molecule has 4 rings (SSSR count). The van der Waals surface area contributed by atoms with Gasteiger partial charge in [0.25, 0.3) is 0 Å². The number of rotatable bonds is 4. The summed E-state index contributed by atoms with van der Waals surface area (Å²) in [5.41, 5.74) is 1.96. The van der Waals surface area contributed by atoms with Crippen molar-refractivity contribution in [3.63, 3.8) is 0 Å². The van der Waals surface area contributed by atoms with Crippen molar-refractivity contribution in [1.29, 1.82) is 0 Å². The van der Waals surface area contributed by atoms with Gasteiger partial charge in [0.1, 0.15) is 30.5 Å². The zero-order valence-electron chi connectivity index (χ0n) is 15.3. The summed E-state index contributed by atoms with van der Waals surface area (Å²) in [4.78, 5) is 0. The minimum atomic E-state index is -0.490. The zero-order valence-corrected chi connectivity index (χ0v) is 16.0. The lowest BCUT2D eigenvalue weighted by molar-refractivity contribution is -0.334. The van der Waals surface area contributed by atoms with Crippen LogP contribution < -0.4 is 0 Å². The molecule has 2 saturated heterocycles. The molecule has 2 aromatic carbocycles. The van der Waals surface area contributed by atoms with Gasteiger partial charge in [0, 0.05) is 24.8 Å². The maximum atomic E-state index is 6.34. The summed E-state index contributed by atoms with van der Waals surface area (Å²) in [6.07, 6.45) is -1.85.